The number of amides is 2. The maximum atomic E-state index is 13.2. The fourth-order valence-electron chi connectivity index (χ4n) is 3.59. The molecule has 1 aliphatic heterocycles. The lowest BCUT2D eigenvalue weighted by Gasteiger charge is -2.24. The minimum absolute atomic E-state index is 0.0179. The Hall–Kier alpha value is -2.44. The fraction of sp³-hybridized carbons (Fsp3) is 0.526. The van der Waals surface area contributed by atoms with Crippen molar-refractivity contribution in [2.45, 2.75) is 51.2 Å². The van der Waals surface area contributed by atoms with Crippen LogP contribution in [-0.4, -0.2) is 41.4 Å². The normalized spacial score (nSPS) is 21.7. The van der Waals surface area contributed by atoms with Crippen LogP contribution in [0.4, 0.5) is 10.1 Å². The molecule has 2 fully saturated rings. The number of carbonyl (C=O) groups excluding carboxylic acids is 3. The third-order valence-electron chi connectivity index (χ3n) is 5.01. The van der Waals surface area contributed by atoms with Gasteiger partial charge >= 0.3 is 5.97 Å². The first-order chi connectivity index (χ1) is 12.4. The van der Waals surface area contributed by atoms with Gasteiger partial charge in [0, 0.05) is 24.7 Å². The van der Waals surface area contributed by atoms with Gasteiger partial charge in [0.05, 0.1) is 5.92 Å². The van der Waals surface area contributed by atoms with Gasteiger partial charge in [0.1, 0.15) is 5.82 Å². The average Bonchev–Trinajstić information content (AvgIpc) is 3.24. The van der Waals surface area contributed by atoms with E-state index in [2.05, 4.69) is 5.32 Å². The number of hydrogen-bond donors (Lipinski definition) is 1. The SMILES string of the molecule is C[C@H](OC(=O)[C@H]1CC(=O)N(C2CCCC2)C1)C(=O)Nc1cccc(F)c1. The predicted molar refractivity (Wildman–Crippen MR) is 92.7 cm³/mol. The van der Waals surface area contributed by atoms with Crippen molar-refractivity contribution >= 4 is 23.5 Å². The van der Waals surface area contributed by atoms with E-state index >= 15 is 0 Å². The van der Waals surface area contributed by atoms with E-state index in [4.69, 9.17) is 4.74 Å². The highest BCUT2D eigenvalue weighted by atomic mass is 19.1. The zero-order chi connectivity index (χ0) is 18.7. The summed E-state index contributed by atoms with van der Waals surface area (Å²) < 4.78 is 18.4. The van der Waals surface area contributed by atoms with Crippen LogP contribution in [0.25, 0.3) is 0 Å². The maximum Gasteiger partial charge on any atom is 0.312 e. The Bertz CT molecular complexity index is 703. The monoisotopic (exact) mass is 362 g/mol. The molecular weight excluding hydrogens is 339 g/mol. The average molecular weight is 362 g/mol. The van der Waals surface area contributed by atoms with Crippen LogP contribution >= 0.6 is 0 Å². The molecule has 26 heavy (non-hydrogen) atoms. The van der Waals surface area contributed by atoms with Gasteiger partial charge in [-0.15, -0.1) is 0 Å². The van der Waals surface area contributed by atoms with Crippen molar-refractivity contribution in [3.63, 3.8) is 0 Å². The van der Waals surface area contributed by atoms with Crippen LogP contribution in [0.3, 0.4) is 0 Å². The molecule has 1 saturated carbocycles. The van der Waals surface area contributed by atoms with Crippen molar-refractivity contribution in [3.8, 4) is 0 Å². The second kappa shape index (κ2) is 7.85. The number of rotatable bonds is 5. The van der Waals surface area contributed by atoms with Gasteiger partial charge in [-0.1, -0.05) is 18.9 Å². The highest BCUT2D eigenvalue weighted by Gasteiger charge is 2.40. The molecule has 2 aliphatic rings. The van der Waals surface area contributed by atoms with E-state index in [1.54, 1.807) is 11.0 Å². The minimum atomic E-state index is -1.03. The molecular formula is C19H23FN2O4. The summed E-state index contributed by atoms with van der Waals surface area (Å²) >= 11 is 0. The quantitative estimate of drug-likeness (QED) is 0.817. The lowest BCUT2D eigenvalue weighted by molar-refractivity contribution is -0.157. The fourth-order valence-corrected chi connectivity index (χ4v) is 3.59. The first-order valence-corrected chi connectivity index (χ1v) is 9.00. The van der Waals surface area contributed by atoms with E-state index in [9.17, 15) is 18.8 Å². The van der Waals surface area contributed by atoms with Crippen LogP contribution < -0.4 is 5.32 Å². The minimum Gasteiger partial charge on any atom is -0.452 e. The number of hydrogen-bond acceptors (Lipinski definition) is 4. The van der Waals surface area contributed by atoms with Gasteiger partial charge in [-0.2, -0.15) is 0 Å². The summed E-state index contributed by atoms with van der Waals surface area (Å²) in [6, 6.07) is 5.70. The third kappa shape index (κ3) is 4.20. The van der Waals surface area contributed by atoms with Gasteiger partial charge in [-0.3, -0.25) is 14.4 Å². The summed E-state index contributed by atoms with van der Waals surface area (Å²) in [7, 11) is 0. The molecule has 0 bridgehead atoms. The number of ether oxygens (including phenoxy) is 1. The molecule has 0 spiro atoms. The van der Waals surface area contributed by atoms with Gasteiger partial charge in [-0.25, -0.2) is 4.39 Å². The van der Waals surface area contributed by atoms with Crippen LogP contribution in [-0.2, 0) is 19.1 Å². The number of anilines is 1. The van der Waals surface area contributed by atoms with Gasteiger partial charge in [0.2, 0.25) is 5.91 Å². The summed E-state index contributed by atoms with van der Waals surface area (Å²) in [6.07, 6.45) is 3.30. The molecule has 2 atom stereocenters. The van der Waals surface area contributed by atoms with Gasteiger partial charge < -0.3 is 15.0 Å². The Morgan fingerprint density at radius 2 is 2.04 bits per heavy atom. The molecule has 6 nitrogen and oxygen atoms in total. The van der Waals surface area contributed by atoms with Crippen molar-refractivity contribution in [1.29, 1.82) is 0 Å². The molecule has 1 N–H and O–H groups in total. The second-order valence-electron chi connectivity index (χ2n) is 6.96. The Labute approximate surface area is 151 Å². The Balaban J connectivity index is 1.52. The van der Waals surface area contributed by atoms with Gasteiger partial charge in [0.15, 0.2) is 6.10 Å². The number of likely N-dealkylation sites (tertiary alicyclic amines) is 1. The number of esters is 1. The zero-order valence-corrected chi connectivity index (χ0v) is 14.7. The van der Waals surface area contributed by atoms with Crippen molar-refractivity contribution in [2.75, 3.05) is 11.9 Å². The standard InChI is InChI=1S/C19H23FN2O4/c1-12(18(24)21-15-6-4-5-14(20)10-15)26-19(25)13-9-17(23)22(11-13)16-7-2-3-8-16/h4-6,10,12-13,16H,2-3,7-9,11H2,1H3,(H,21,24)/t12-,13-/m0/s1. The molecule has 0 aromatic heterocycles. The molecule has 0 radical (unpaired) electrons. The van der Waals surface area contributed by atoms with E-state index in [1.807, 2.05) is 0 Å². The number of nitrogens with zero attached hydrogens (tertiary/aromatic N) is 1. The lowest BCUT2D eigenvalue weighted by Crippen LogP contribution is -2.36. The Morgan fingerprint density at radius 3 is 2.73 bits per heavy atom. The van der Waals surface area contributed by atoms with Crippen molar-refractivity contribution < 1.29 is 23.5 Å². The number of carbonyl (C=O) groups is 3. The van der Waals surface area contributed by atoms with E-state index in [0.717, 1.165) is 25.7 Å². The highest BCUT2D eigenvalue weighted by Crippen LogP contribution is 2.30. The predicted octanol–water partition coefficient (Wildman–Crippen LogP) is 2.49. The van der Waals surface area contributed by atoms with E-state index in [0.29, 0.717) is 12.2 Å². The summed E-state index contributed by atoms with van der Waals surface area (Å²) in [6.45, 7) is 1.82. The number of benzene rings is 1. The summed E-state index contributed by atoms with van der Waals surface area (Å²) in [5.74, 6) is -2.10. The topological polar surface area (TPSA) is 75.7 Å². The summed E-state index contributed by atoms with van der Waals surface area (Å²) in [5, 5.41) is 2.51. The van der Waals surface area contributed by atoms with E-state index in [-0.39, 0.29) is 18.4 Å². The van der Waals surface area contributed by atoms with Crippen LogP contribution in [0.2, 0.25) is 0 Å². The zero-order valence-electron chi connectivity index (χ0n) is 14.7. The Kier molecular flexibility index (Phi) is 5.54. The molecule has 1 aromatic rings. The molecule has 1 heterocycles. The molecule has 7 heteroatoms. The van der Waals surface area contributed by atoms with E-state index in [1.165, 1.54) is 25.1 Å². The van der Waals surface area contributed by atoms with Gasteiger partial charge in [0.25, 0.3) is 5.91 Å². The first kappa shape index (κ1) is 18.4. The van der Waals surface area contributed by atoms with Crippen molar-refractivity contribution in [3.05, 3.63) is 30.1 Å². The highest BCUT2D eigenvalue weighted by molar-refractivity contribution is 5.95. The molecule has 2 amide bonds. The van der Waals surface area contributed by atoms with E-state index < -0.39 is 29.7 Å². The number of halogens is 1. The Morgan fingerprint density at radius 1 is 1.31 bits per heavy atom. The molecule has 140 valence electrons. The summed E-state index contributed by atoms with van der Waals surface area (Å²) in [5.41, 5.74) is 0.293. The van der Waals surface area contributed by atoms with Crippen molar-refractivity contribution in [2.24, 2.45) is 5.92 Å². The maximum absolute atomic E-state index is 13.2. The third-order valence-corrected chi connectivity index (χ3v) is 5.01. The van der Waals surface area contributed by atoms with Crippen LogP contribution in [0, 0.1) is 11.7 Å². The smallest absolute Gasteiger partial charge is 0.312 e. The molecule has 1 aromatic carbocycles. The number of nitrogens with one attached hydrogen (secondary N) is 1. The lowest BCUT2D eigenvalue weighted by atomic mass is 10.1. The van der Waals surface area contributed by atoms with Crippen molar-refractivity contribution in [1.82, 2.24) is 4.90 Å². The molecule has 1 saturated heterocycles. The first-order valence-electron chi connectivity index (χ1n) is 9.00. The molecule has 3 rings (SSSR count). The van der Waals surface area contributed by atoms with Crippen LogP contribution in [0.5, 0.6) is 0 Å². The second-order valence-corrected chi connectivity index (χ2v) is 6.96. The van der Waals surface area contributed by atoms with Crippen LogP contribution in [0.1, 0.15) is 39.0 Å². The van der Waals surface area contributed by atoms with Gasteiger partial charge in [-0.05, 0) is 38.0 Å². The molecule has 1 aliphatic carbocycles. The molecule has 0 unspecified atom stereocenters. The largest absolute Gasteiger partial charge is 0.452 e. The van der Waals surface area contributed by atoms with Crippen LogP contribution in [0.15, 0.2) is 24.3 Å². The summed E-state index contributed by atoms with van der Waals surface area (Å²) in [4.78, 5) is 38.4.